The first kappa shape index (κ1) is 16.8. The van der Waals surface area contributed by atoms with E-state index >= 15 is 0 Å². The molecular formula is C19H21BrN2O2. The third-order valence-corrected chi connectivity index (χ3v) is 4.76. The number of rotatable bonds is 6. The summed E-state index contributed by atoms with van der Waals surface area (Å²) in [5.74, 6) is 0.718. The second kappa shape index (κ2) is 8.20. The third kappa shape index (κ3) is 4.51. The summed E-state index contributed by atoms with van der Waals surface area (Å²) in [5.41, 5.74) is 1.62. The number of nitrogens with one attached hydrogen (secondary N) is 2. The molecule has 0 unspecified atom stereocenters. The summed E-state index contributed by atoms with van der Waals surface area (Å²) in [6.07, 6.45) is 4.97. The van der Waals surface area contributed by atoms with Crippen LogP contribution >= 0.6 is 15.9 Å². The fraction of sp³-hybridized carbons (Fsp3) is 0.316. The Hall–Kier alpha value is -2.01. The lowest BCUT2D eigenvalue weighted by atomic mass is 10.2. The van der Waals surface area contributed by atoms with Gasteiger partial charge in [-0.1, -0.05) is 24.3 Å². The van der Waals surface area contributed by atoms with Gasteiger partial charge in [-0.05, 0) is 65.9 Å². The lowest BCUT2D eigenvalue weighted by molar-refractivity contribution is -0.114. The molecule has 126 valence electrons. The number of ether oxygens (including phenoxy) is 1. The van der Waals surface area contributed by atoms with Crippen LogP contribution in [0.15, 0.2) is 53.0 Å². The van der Waals surface area contributed by atoms with Gasteiger partial charge in [0.15, 0.2) is 0 Å². The van der Waals surface area contributed by atoms with Crippen molar-refractivity contribution < 1.29 is 9.53 Å². The maximum atomic E-state index is 12.2. The topological polar surface area (TPSA) is 50.4 Å². The van der Waals surface area contributed by atoms with Crippen LogP contribution in [-0.4, -0.2) is 18.6 Å². The minimum Gasteiger partial charge on any atom is -0.488 e. The van der Waals surface area contributed by atoms with Gasteiger partial charge >= 0.3 is 0 Å². The number of hydrogen-bond acceptors (Lipinski definition) is 3. The quantitative estimate of drug-likeness (QED) is 0.745. The summed E-state index contributed by atoms with van der Waals surface area (Å²) in [5, 5.41) is 6.06. The Morgan fingerprint density at radius 2 is 1.71 bits per heavy atom. The van der Waals surface area contributed by atoms with Crippen molar-refractivity contribution in [2.45, 2.75) is 31.8 Å². The van der Waals surface area contributed by atoms with Gasteiger partial charge in [0, 0.05) is 4.47 Å². The Bertz CT molecular complexity index is 699. The van der Waals surface area contributed by atoms with E-state index in [-0.39, 0.29) is 12.5 Å². The zero-order chi connectivity index (χ0) is 16.8. The van der Waals surface area contributed by atoms with Crippen molar-refractivity contribution >= 4 is 33.2 Å². The van der Waals surface area contributed by atoms with Gasteiger partial charge in [-0.2, -0.15) is 0 Å². The Morgan fingerprint density at radius 3 is 2.46 bits per heavy atom. The molecule has 24 heavy (non-hydrogen) atoms. The molecule has 3 rings (SSSR count). The average Bonchev–Trinajstić information content (AvgIpc) is 3.09. The largest absolute Gasteiger partial charge is 0.488 e. The molecule has 0 aromatic heterocycles. The highest BCUT2D eigenvalue weighted by atomic mass is 79.9. The van der Waals surface area contributed by atoms with Gasteiger partial charge in [0.05, 0.1) is 24.0 Å². The summed E-state index contributed by atoms with van der Waals surface area (Å²) >= 11 is 3.43. The molecule has 0 aliphatic heterocycles. The number of amides is 1. The molecule has 1 aliphatic rings. The van der Waals surface area contributed by atoms with Crippen molar-refractivity contribution in [1.29, 1.82) is 0 Å². The molecule has 0 atom stereocenters. The van der Waals surface area contributed by atoms with Gasteiger partial charge in [0.25, 0.3) is 0 Å². The SMILES string of the molecule is O=C(CNc1ccccc1OC1CCCC1)Nc1ccccc1Br. The predicted octanol–water partition coefficient (Wildman–Crippen LogP) is 4.82. The summed E-state index contributed by atoms with van der Waals surface area (Å²) in [7, 11) is 0. The molecular weight excluding hydrogens is 368 g/mol. The van der Waals surface area contributed by atoms with E-state index in [0.29, 0.717) is 6.10 Å². The van der Waals surface area contributed by atoms with Gasteiger partial charge in [0.1, 0.15) is 5.75 Å². The van der Waals surface area contributed by atoms with E-state index in [9.17, 15) is 4.79 Å². The first-order valence-electron chi connectivity index (χ1n) is 8.26. The van der Waals surface area contributed by atoms with Gasteiger partial charge in [0.2, 0.25) is 5.91 Å². The van der Waals surface area contributed by atoms with Gasteiger partial charge in [-0.25, -0.2) is 0 Å². The van der Waals surface area contributed by atoms with Crippen LogP contribution in [0, 0.1) is 0 Å². The molecule has 0 saturated heterocycles. The maximum Gasteiger partial charge on any atom is 0.243 e. The zero-order valence-electron chi connectivity index (χ0n) is 13.4. The molecule has 1 amide bonds. The standard InChI is InChI=1S/C19H21BrN2O2/c20-15-9-3-4-10-16(15)22-19(23)13-21-17-11-5-6-12-18(17)24-14-7-1-2-8-14/h3-6,9-12,14,21H,1-2,7-8,13H2,(H,22,23). The number of anilines is 2. The van der Waals surface area contributed by atoms with Crippen LogP contribution in [-0.2, 0) is 4.79 Å². The van der Waals surface area contributed by atoms with Crippen molar-refractivity contribution in [2.75, 3.05) is 17.2 Å². The van der Waals surface area contributed by atoms with Crippen molar-refractivity contribution in [1.82, 2.24) is 0 Å². The Morgan fingerprint density at radius 1 is 1.04 bits per heavy atom. The smallest absolute Gasteiger partial charge is 0.243 e. The summed E-state index contributed by atoms with van der Waals surface area (Å²) in [6, 6.07) is 15.3. The minimum atomic E-state index is -0.0995. The Kier molecular flexibility index (Phi) is 5.75. The predicted molar refractivity (Wildman–Crippen MR) is 101 cm³/mol. The van der Waals surface area contributed by atoms with E-state index in [1.54, 1.807) is 0 Å². The number of halogens is 1. The molecule has 2 aromatic rings. The second-order valence-electron chi connectivity index (χ2n) is 5.90. The summed E-state index contributed by atoms with van der Waals surface area (Å²) in [4.78, 5) is 12.2. The number of carbonyl (C=O) groups is 1. The molecule has 2 N–H and O–H groups in total. The number of para-hydroxylation sites is 3. The van der Waals surface area contributed by atoms with E-state index in [0.717, 1.165) is 34.4 Å². The Labute approximate surface area is 150 Å². The molecule has 1 aliphatic carbocycles. The number of benzene rings is 2. The van der Waals surface area contributed by atoms with Crippen molar-refractivity contribution in [3.8, 4) is 5.75 Å². The molecule has 0 radical (unpaired) electrons. The summed E-state index contributed by atoms with van der Waals surface area (Å²) in [6.45, 7) is 0.187. The maximum absolute atomic E-state index is 12.2. The fourth-order valence-electron chi connectivity index (χ4n) is 2.83. The van der Waals surface area contributed by atoms with Crippen LogP contribution < -0.4 is 15.4 Å². The van der Waals surface area contributed by atoms with Crippen molar-refractivity contribution in [3.63, 3.8) is 0 Å². The van der Waals surface area contributed by atoms with Gasteiger partial charge < -0.3 is 15.4 Å². The molecule has 1 fully saturated rings. The van der Waals surface area contributed by atoms with Crippen LogP contribution in [0.2, 0.25) is 0 Å². The van der Waals surface area contributed by atoms with Crippen LogP contribution in [0.5, 0.6) is 5.75 Å². The van der Waals surface area contributed by atoms with E-state index in [2.05, 4.69) is 26.6 Å². The minimum absolute atomic E-state index is 0.0995. The van der Waals surface area contributed by atoms with E-state index in [1.165, 1.54) is 12.8 Å². The van der Waals surface area contributed by atoms with E-state index < -0.39 is 0 Å². The van der Waals surface area contributed by atoms with Crippen molar-refractivity contribution in [3.05, 3.63) is 53.0 Å². The molecule has 1 saturated carbocycles. The monoisotopic (exact) mass is 388 g/mol. The first-order chi connectivity index (χ1) is 11.7. The molecule has 5 heteroatoms. The number of carbonyl (C=O) groups excluding carboxylic acids is 1. The second-order valence-corrected chi connectivity index (χ2v) is 6.76. The molecule has 0 bridgehead atoms. The summed E-state index contributed by atoms with van der Waals surface area (Å²) < 4.78 is 6.94. The van der Waals surface area contributed by atoms with Crippen molar-refractivity contribution in [2.24, 2.45) is 0 Å². The molecule has 4 nitrogen and oxygen atoms in total. The average molecular weight is 389 g/mol. The van der Waals surface area contributed by atoms with Crippen LogP contribution in [0.1, 0.15) is 25.7 Å². The van der Waals surface area contributed by atoms with Crippen LogP contribution in [0.4, 0.5) is 11.4 Å². The lowest BCUT2D eigenvalue weighted by Gasteiger charge is -2.17. The lowest BCUT2D eigenvalue weighted by Crippen LogP contribution is -2.22. The fourth-order valence-corrected chi connectivity index (χ4v) is 3.22. The third-order valence-electron chi connectivity index (χ3n) is 4.07. The van der Waals surface area contributed by atoms with E-state index in [1.807, 2.05) is 48.5 Å². The zero-order valence-corrected chi connectivity index (χ0v) is 15.0. The number of hydrogen-bond donors (Lipinski definition) is 2. The van der Waals surface area contributed by atoms with Gasteiger partial charge in [-0.15, -0.1) is 0 Å². The molecule has 2 aromatic carbocycles. The molecule has 0 heterocycles. The highest BCUT2D eigenvalue weighted by Gasteiger charge is 2.18. The van der Waals surface area contributed by atoms with Crippen LogP contribution in [0.25, 0.3) is 0 Å². The normalized spacial score (nSPS) is 14.4. The highest BCUT2D eigenvalue weighted by molar-refractivity contribution is 9.10. The Balaban J connectivity index is 1.58. The first-order valence-corrected chi connectivity index (χ1v) is 9.05. The van der Waals surface area contributed by atoms with Crippen LogP contribution in [0.3, 0.4) is 0 Å². The van der Waals surface area contributed by atoms with Gasteiger partial charge in [-0.3, -0.25) is 4.79 Å². The highest BCUT2D eigenvalue weighted by Crippen LogP contribution is 2.29. The van der Waals surface area contributed by atoms with E-state index in [4.69, 9.17) is 4.74 Å². The molecule has 0 spiro atoms.